The second-order valence-corrected chi connectivity index (χ2v) is 5.91. The molecular weight excluding hydrogens is 270 g/mol. The van der Waals surface area contributed by atoms with E-state index in [4.69, 9.17) is 4.99 Å². The van der Waals surface area contributed by atoms with E-state index in [2.05, 4.69) is 52.5 Å². The minimum absolute atomic E-state index is 0.317. The molecule has 0 amide bonds. The van der Waals surface area contributed by atoms with Crippen molar-refractivity contribution in [3.63, 3.8) is 0 Å². The van der Waals surface area contributed by atoms with Crippen molar-refractivity contribution in [2.24, 2.45) is 4.99 Å². The van der Waals surface area contributed by atoms with Gasteiger partial charge in [0.1, 0.15) is 0 Å². The van der Waals surface area contributed by atoms with E-state index in [9.17, 15) is 0 Å². The summed E-state index contributed by atoms with van der Waals surface area (Å²) in [5.41, 5.74) is 7.28. The van der Waals surface area contributed by atoms with Crippen LogP contribution in [0.5, 0.6) is 0 Å². The first kappa shape index (κ1) is 11.9. The smallest absolute Gasteiger partial charge is 0.0538 e. The molecule has 2 aromatic heterocycles. The van der Waals surface area contributed by atoms with Gasteiger partial charge in [-0.05, 0) is 24.1 Å². The van der Waals surface area contributed by atoms with Crippen molar-refractivity contribution in [3.8, 4) is 0 Å². The Kier molecular flexibility index (Phi) is 2.39. The van der Waals surface area contributed by atoms with Crippen molar-refractivity contribution in [1.82, 2.24) is 9.97 Å². The van der Waals surface area contributed by atoms with E-state index in [0.717, 1.165) is 24.1 Å². The zero-order chi connectivity index (χ0) is 14.5. The van der Waals surface area contributed by atoms with Gasteiger partial charge in [-0.25, -0.2) is 0 Å². The van der Waals surface area contributed by atoms with E-state index in [1.54, 1.807) is 0 Å². The third kappa shape index (κ3) is 1.56. The summed E-state index contributed by atoms with van der Waals surface area (Å²) in [7, 11) is 0. The van der Waals surface area contributed by atoms with Gasteiger partial charge >= 0.3 is 0 Å². The van der Waals surface area contributed by atoms with Gasteiger partial charge in [0, 0.05) is 46.9 Å². The number of allylic oxidation sites excluding steroid dienone is 8. The number of fused-ring (bicyclic) bond motifs is 7. The highest BCUT2D eigenvalue weighted by Gasteiger charge is 2.30. The highest BCUT2D eigenvalue weighted by atomic mass is 14.8. The number of aromatic amines is 1. The molecule has 0 saturated heterocycles. The SMILES string of the molecule is C1=CCC2=NC3=CC=CCC3c3c([nH]c4ccncc34)C2=C1. The first-order valence-electron chi connectivity index (χ1n) is 7.69. The summed E-state index contributed by atoms with van der Waals surface area (Å²) in [6.45, 7) is 0. The molecule has 1 atom stereocenters. The molecule has 2 aromatic rings. The summed E-state index contributed by atoms with van der Waals surface area (Å²) in [6, 6.07) is 2.06. The predicted molar refractivity (Wildman–Crippen MR) is 89.8 cm³/mol. The summed E-state index contributed by atoms with van der Waals surface area (Å²) >= 11 is 0. The molecule has 3 heteroatoms. The summed E-state index contributed by atoms with van der Waals surface area (Å²) < 4.78 is 0. The lowest BCUT2D eigenvalue weighted by Gasteiger charge is -2.17. The van der Waals surface area contributed by atoms with Gasteiger partial charge in [0.15, 0.2) is 0 Å². The molecule has 3 heterocycles. The Bertz CT molecular complexity index is 935. The lowest BCUT2D eigenvalue weighted by molar-refractivity contribution is 0.794. The molecule has 0 bridgehead atoms. The van der Waals surface area contributed by atoms with Crippen LogP contribution >= 0.6 is 0 Å². The van der Waals surface area contributed by atoms with Crippen LogP contribution in [0.3, 0.4) is 0 Å². The number of nitrogens with one attached hydrogen (secondary N) is 1. The van der Waals surface area contributed by atoms with Crippen molar-refractivity contribution in [2.75, 3.05) is 0 Å². The molecule has 3 nitrogen and oxygen atoms in total. The molecule has 106 valence electrons. The highest BCUT2D eigenvalue weighted by molar-refractivity contribution is 6.27. The number of H-pyrrole nitrogens is 1. The summed E-state index contributed by atoms with van der Waals surface area (Å²) in [4.78, 5) is 12.9. The maximum Gasteiger partial charge on any atom is 0.0538 e. The summed E-state index contributed by atoms with van der Waals surface area (Å²) in [5, 5.41) is 1.22. The Balaban J connectivity index is 1.90. The van der Waals surface area contributed by atoms with Gasteiger partial charge < -0.3 is 4.98 Å². The Morgan fingerprint density at radius 2 is 2.09 bits per heavy atom. The standard InChI is InChI=1S/C19H15N3/c1-3-7-15-12(5-1)18-14-11-20-10-9-17(14)22-19(18)13-6-2-4-8-16(13)21-15/h1-4,6-7,9-12,22H,5,8H2. The third-order valence-corrected chi connectivity index (χ3v) is 4.68. The molecule has 0 fully saturated rings. The lowest BCUT2D eigenvalue weighted by atomic mass is 9.87. The normalized spacial score (nSPS) is 22.2. The van der Waals surface area contributed by atoms with Gasteiger partial charge in [0.05, 0.1) is 11.4 Å². The molecule has 0 saturated carbocycles. The zero-order valence-electron chi connectivity index (χ0n) is 12.1. The maximum absolute atomic E-state index is 4.98. The quantitative estimate of drug-likeness (QED) is 0.770. The van der Waals surface area contributed by atoms with E-state index in [-0.39, 0.29) is 0 Å². The molecule has 1 aliphatic heterocycles. The molecule has 1 unspecified atom stereocenters. The van der Waals surface area contributed by atoms with Gasteiger partial charge in [-0.3, -0.25) is 9.98 Å². The predicted octanol–water partition coefficient (Wildman–Crippen LogP) is 4.29. The number of hydrogen-bond donors (Lipinski definition) is 1. The number of aliphatic imine (C=N–C) groups is 1. The van der Waals surface area contributed by atoms with Crippen LogP contribution in [0.4, 0.5) is 0 Å². The van der Waals surface area contributed by atoms with Crippen molar-refractivity contribution in [2.45, 2.75) is 18.8 Å². The first-order valence-corrected chi connectivity index (χ1v) is 7.69. The topological polar surface area (TPSA) is 41.0 Å². The molecule has 5 rings (SSSR count). The molecule has 3 aliphatic rings. The minimum Gasteiger partial charge on any atom is -0.354 e. The zero-order valence-corrected chi connectivity index (χ0v) is 12.1. The van der Waals surface area contributed by atoms with E-state index in [1.807, 2.05) is 12.4 Å². The molecule has 0 aromatic carbocycles. The fourth-order valence-electron chi connectivity index (χ4n) is 3.67. The average Bonchev–Trinajstić information content (AvgIpc) is 2.89. The van der Waals surface area contributed by atoms with Crippen LogP contribution in [0.2, 0.25) is 0 Å². The maximum atomic E-state index is 4.98. The second kappa shape index (κ2) is 4.41. The Hall–Kier alpha value is -2.68. The molecular formula is C19H15N3. The fourth-order valence-corrected chi connectivity index (χ4v) is 3.67. The monoisotopic (exact) mass is 285 g/mol. The van der Waals surface area contributed by atoms with Crippen LogP contribution < -0.4 is 0 Å². The largest absolute Gasteiger partial charge is 0.354 e. The lowest BCUT2D eigenvalue weighted by Crippen LogP contribution is -2.04. The number of rotatable bonds is 0. The van der Waals surface area contributed by atoms with E-state index >= 15 is 0 Å². The van der Waals surface area contributed by atoms with Crippen LogP contribution in [0.1, 0.15) is 30.0 Å². The number of nitrogens with zero attached hydrogens (tertiary/aromatic N) is 2. The van der Waals surface area contributed by atoms with E-state index < -0.39 is 0 Å². The first-order chi connectivity index (χ1) is 10.9. The van der Waals surface area contributed by atoms with Crippen LogP contribution in [0.15, 0.2) is 65.6 Å². The summed E-state index contributed by atoms with van der Waals surface area (Å²) in [5.74, 6) is 0.317. The van der Waals surface area contributed by atoms with Crippen molar-refractivity contribution >= 4 is 22.2 Å². The highest BCUT2D eigenvalue weighted by Crippen LogP contribution is 2.44. The number of pyridine rings is 1. The van der Waals surface area contributed by atoms with Crippen molar-refractivity contribution < 1.29 is 0 Å². The number of hydrogen-bond acceptors (Lipinski definition) is 2. The Morgan fingerprint density at radius 3 is 3.09 bits per heavy atom. The second-order valence-electron chi connectivity index (χ2n) is 5.91. The van der Waals surface area contributed by atoms with E-state index in [0.29, 0.717) is 5.92 Å². The molecule has 22 heavy (non-hydrogen) atoms. The van der Waals surface area contributed by atoms with Gasteiger partial charge in [-0.2, -0.15) is 0 Å². The molecule has 0 spiro atoms. The van der Waals surface area contributed by atoms with Gasteiger partial charge in [-0.1, -0.05) is 30.4 Å². The minimum atomic E-state index is 0.317. The van der Waals surface area contributed by atoms with Crippen LogP contribution in [0, 0.1) is 0 Å². The van der Waals surface area contributed by atoms with Gasteiger partial charge in [0.25, 0.3) is 0 Å². The fraction of sp³-hybridized carbons (Fsp3) is 0.158. The van der Waals surface area contributed by atoms with Crippen LogP contribution in [0.25, 0.3) is 16.5 Å². The molecule has 0 radical (unpaired) electrons. The van der Waals surface area contributed by atoms with Gasteiger partial charge in [0.2, 0.25) is 0 Å². The van der Waals surface area contributed by atoms with Crippen molar-refractivity contribution in [3.05, 3.63) is 71.9 Å². The third-order valence-electron chi connectivity index (χ3n) is 4.68. The molecule has 2 aliphatic carbocycles. The van der Waals surface area contributed by atoms with Crippen LogP contribution in [-0.4, -0.2) is 15.7 Å². The Labute approximate surface area is 128 Å². The van der Waals surface area contributed by atoms with Crippen molar-refractivity contribution in [1.29, 1.82) is 0 Å². The number of aromatic nitrogens is 2. The average molecular weight is 285 g/mol. The van der Waals surface area contributed by atoms with E-state index in [1.165, 1.54) is 27.9 Å². The molecule has 1 N–H and O–H groups in total. The van der Waals surface area contributed by atoms with Crippen LogP contribution in [-0.2, 0) is 0 Å². The Morgan fingerprint density at radius 1 is 1.14 bits per heavy atom. The van der Waals surface area contributed by atoms with Gasteiger partial charge in [-0.15, -0.1) is 0 Å². The summed E-state index contributed by atoms with van der Waals surface area (Å²) in [6.07, 6.45) is 18.7.